The molecule has 0 aliphatic rings. The van der Waals surface area contributed by atoms with Gasteiger partial charge in [0.15, 0.2) is 0 Å². The molecule has 2 nitrogen and oxygen atoms in total. The summed E-state index contributed by atoms with van der Waals surface area (Å²) in [6, 6.07) is 0. The number of hydrogen-bond acceptors (Lipinski definition) is 3. The molecule has 0 unspecified atom stereocenters. The van der Waals surface area contributed by atoms with Crippen molar-refractivity contribution >= 4 is 11.3 Å². The van der Waals surface area contributed by atoms with E-state index in [2.05, 4.69) is 11.2 Å². The van der Waals surface area contributed by atoms with Gasteiger partial charge in [-0.3, -0.25) is 0 Å². The molecule has 0 saturated carbocycles. The van der Waals surface area contributed by atoms with Gasteiger partial charge in [0.25, 0.3) is 0 Å². The Balaban J connectivity index is 2.90. The molecule has 1 heterocycles. The van der Waals surface area contributed by atoms with E-state index in [4.69, 9.17) is 0 Å². The third-order valence-electron chi connectivity index (χ3n) is 0.913. The van der Waals surface area contributed by atoms with Crippen LogP contribution in [0.1, 0.15) is 18.9 Å². The molecule has 0 spiro atoms. The minimum absolute atomic E-state index is 0.711. The lowest BCUT2D eigenvalue weighted by atomic mass is 10.2. The third-order valence-corrected chi connectivity index (χ3v) is 1.95. The van der Waals surface area contributed by atoms with Crippen LogP contribution in [-0.4, -0.2) is 10.1 Å². The van der Waals surface area contributed by atoms with Crippen LogP contribution in [0, 0.1) is 6.20 Å². The van der Waals surface area contributed by atoms with Gasteiger partial charge in [0.05, 0.1) is 0 Å². The summed E-state index contributed by atoms with van der Waals surface area (Å²) in [5.41, 5.74) is -0.801. The summed E-state index contributed by atoms with van der Waals surface area (Å²) in [5.74, 6) is 0. The lowest BCUT2D eigenvalue weighted by molar-refractivity contribution is 0.0782. The van der Waals surface area contributed by atoms with E-state index < -0.39 is 5.60 Å². The number of hydrogen-bond donors (Lipinski definition) is 1. The first-order chi connectivity index (χ1) is 4.11. The second-order valence-electron chi connectivity index (χ2n) is 2.34. The Labute approximate surface area is 58.2 Å². The standard InChI is InChI=1S/C6H8NOS/c1-6(2,8)5-7-3-4-9-5/h4,8H,1-2H3. The van der Waals surface area contributed by atoms with E-state index in [1.54, 1.807) is 19.2 Å². The quantitative estimate of drug-likeness (QED) is 0.638. The van der Waals surface area contributed by atoms with Crippen molar-refractivity contribution < 1.29 is 5.11 Å². The van der Waals surface area contributed by atoms with Crippen molar-refractivity contribution in [2.75, 3.05) is 0 Å². The molecule has 0 aromatic carbocycles. The van der Waals surface area contributed by atoms with Gasteiger partial charge in [-0.05, 0) is 13.8 Å². The van der Waals surface area contributed by atoms with E-state index in [0.29, 0.717) is 5.01 Å². The molecule has 0 fully saturated rings. The molecule has 1 rings (SSSR count). The Morgan fingerprint density at radius 1 is 1.78 bits per heavy atom. The molecule has 1 aromatic rings. The average Bonchev–Trinajstić information content (AvgIpc) is 2.08. The van der Waals surface area contributed by atoms with E-state index in [1.807, 2.05) is 0 Å². The molecule has 9 heavy (non-hydrogen) atoms. The Morgan fingerprint density at radius 3 is 2.67 bits per heavy atom. The molecular weight excluding hydrogens is 134 g/mol. The molecule has 0 bridgehead atoms. The van der Waals surface area contributed by atoms with Crippen LogP contribution in [0.5, 0.6) is 0 Å². The molecule has 0 aliphatic carbocycles. The normalized spacial score (nSPS) is 11.9. The lowest BCUT2D eigenvalue weighted by Gasteiger charge is -2.11. The zero-order chi connectivity index (χ0) is 6.91. The minimum Gasteiger partial charge on any atom is -0.383 e. The molecule has 3 heteroatoms. The summed E-state index contributed by atoms with van der Waals surface area (Å²) < 4.78 is 0. The van der Waals surface area contributed by atoms with Crippen LogP contribution in [-0.2, 0) is 5.60 Å². The summed E-state index contributed by atoms with van der Waals surface area (Å²) in [6.07, 6.45) is 2.64. The molecule has 1 N–H and O–H groups in total. The Hall–Kier alpha value is -0.410. The van der Waals surface area contributed by atoms with Crippen LogP contribution >= 0.6 is 11.3 Å². The first-order valence-electron chi connectivity index (χ1n) is 2.65. The third kappa shape index (κ3) is 1.50. The van der Waals surface area contributed by atoms with Gasteiger partial charge in [-0.1, -0.05) is 0 Å². The Morgan fingerprint density at radius 2 is 2.44 bits per heavy atom. The van der Waals surface area contributed by atoms with Crippen LogP contribution in [0.2, 0.25) is 0 Å². The SMILES string of the molecule is CC(C)(O)c1n[c]cs1. The van der Waals surface area contributed by atoms with E-state index in [-0.39, 0.29) is 0 Å². The molecule has 1 aromatic heterocycles. The zero-order valence-electron chi connectivity index (χ0n) is 5.38. The van der Waals surface area contributed by atoms with Crippen molar-refractivity contribution in [3.05, 3.63) is 16.6 Å². The first kappa shape index (κ1) is 6.71. The van der Waals surface area contributed by atoms with E-state index in [9.17, 15) is 5.11 Å². The van der Waals surface area contributed by atoms with Gasteiger partial charge in [0.1, 0.15) is 16.8 Å². The first-order valence-corrected chi connectivity index (χ1v) is 3.53. The predicted molar refractivity (Wildman–Crippen MR) is 36.2 cm³/mol. The molecule has 0 saturated heterocycles. The Kier molecular flexibility index (Phi) is 1.55. The van der Waals surface area contributed by atoms with E-state index in [1.165, 1.54) is 11.3 Å². The van der Waals surface area contributed by atoms with Gasteiger partial charge in [-0.2, -0.15) is 0 Å². The minimum atomic E-state index is -0.801. The average molecular weight is 142 g/mol. The van der Waals surface area contributed by atoms with Gasteiger partial charge < -0.3 is 5.11 Å². The molecule has 1 radical (unpaired) electrons. The summed E-state index contributed by atoms with van der Waals surface area (Å²) in [4.78, 5) is 3.83. The molecule has 0 atom stereocenters. The van der Waals surface area contributed by atoms with Crippen LogP contribution in [0.3, 0.4) is 0 Å². The number of aromatic nitrogens is 1. The summed E-state index contributed by atoms with van der Waals surface area (Å²) in [7, 11) is 0. The fraction of sp³-hybridized carbons (Fsp3) is 0.500. The second-order valence-corrected chi connectivity index (χ2v) is 3.20. The fourth-order valence-corrected chi connectivity index (χ4v) is 1.09. The maximum absolute atomic E-state index is 9.31. The van der Waals surface area contributed by atoms with Crippen LogP contribution < -0.4 is 0 Å². The summed E-state index contributed by atoms with van der Waals surface area (Å²) in [5, 5.41) is 11.7. The maximum Gasteiger partial charge on any atom is 0.125 e. The van der Waals surface area contributed by atoms with Crippen LogP contribution in [0.15, 0.2) is 5.38 Å². The topological polar surface area (TPSA) is 33.1 Å². The number of nitrogens with zero attached hydrogens (tertiary/aromatic N) is 1. The molecule has 0 amide bonds. The zero-order valence-corrected chi connectivity index (χ0v) is 6.20. The molecule has 49 valence electrons. The van der Waals surface area contributed by atoms with Crippen molar-refractivity contribution in [1.29, 1.82) is 0 Å². The van der Waals surface area contributed by atoms with Crippen molar-refractivity contribution in [1.82, 2.24) is 4.98 Å². The summed E-state index contributed by atoms with van der Waals surface area (Å²) >= 11 is 1.41. The van der Waals surface area contributed by atoms with Crippen molar-refractivity contribution in [2.45, 2.75) is 19.4 Å². The van der Waals surface area contributed by atoms with Gasteiger partial charge in [0, 0.05) is 5.38 Å². The van der Waals surface area contributed by atoms with Crippen LogP contribution in [0.4, 0.5) is 0 Å². The van der Waals surface area contributed by atoms with E-state index >= 15 is 0 Å². The maximum atomic E-state index is 9.31. The fourth-order valence-electron chi connectivity index (χ4n) is 0.475. The molecular formula is C6H8NOS. The summed E-state index contributed by atoms with van der Waals surface area (Å²) in [6.45, 7) is 3.42. The lowest BCUT2D eigenvalue weighted by Crippen LogP contribution is -2.14. The monoisotopic (exact) mass is 142 g/mol. The highest BCUT2D eigenvalue weighted by Gasteiger charge is 2.17. The largest absolute Gasteiger partial charge is 0.383 e. The van der Waals surface area contributed by atoms with Gasteiger partial charge in [-0.25, -0.2) is 4.98 Å². The van der Waals surface area contributed by atoms with E-state index in [0.717, 1.165) is 0 Å². The second kappa shape index (κ2) is 2.08. The van der Waals surface area contributed by atoms with Crippen LogP contribution in [0.25, 0.3) is 0 Å². The highest BCUT2D eigenvalue weighted by Crippen LogP contribution is 2.20. The van der Waals surface area contributed by atoms with Crippen molar-refractivity contribution in [2.24, 2.45) is 0 Å². The van der Waals surface area contributed by atoms with Crippen molar-refractivity contribution in [3.8, 4) is 0 Å². The number of rotatable bonds is 1. The number of aliphatic hydroxyl groups is 1. The highest BCUT2D eigenvalue weighted by molar-refractivity contribution is 7.09. The van der Waals surface area contributed by atoms with Crippen molar-refractivity contribution in [3.63, 3.8) is 0 Å². The highest BCUT2D eigenvalue weighted by atomic mass is 32.1. The predicted octanol–water partition coefficient (Wildman–Crippen LogP) is 1.17. The smallest absolute Gasteiger partial charge is 0.125 e. The van der Waals surface area contributed by atoms with Gasteiger partial charge in [-0.15, -0.1) is 11.3 Å². The number of thiazole rings is 1. The van der Waals surface area contributed by atoms with Gasteiger partial charge >= 0.3 is 0 Å². The van der Waals surface area contributed by atoms with Gasteiger partial charge in [0.2, 0.25) is 0 Å². The molecule has 0 aliphatic heterocycles. The Bertz CT molecular complexity index is 175.